The number of rotatable bonds is 9. The lowest BCUT2D eigenvalue weighted by Gasteiger charge is -2.13. The summed E-state index contributed by atoms with van der Waals surface area (Å²) in [6.07, 6.45) is 9.13. The van der Waals surface area contributed by atoms with Crippen LogP contribution in [0.2, 0.25) is 0 Å². The van der Waals surface area contributed by atoms with Gasteiger partial charge in [0.2, 0.25) is 0 Å². The van der Waals surface area contributed by atoms with Crippen LogP contribution >= 0.6 is 0 Å². The number of aryl methyl sites for hydroxylation is 1. The molecule has 3 aromatic carbocycles. The first-order valence-corrected chi connectivity index (χ1v) is 10.2. The molecule has 2 heteroatoms. The molecule has 0 aliphatic heterocycles. The second-order valence-corrected chi connectivity index (χ2v) is 7.20. The van der Waals surface area contributed by atoms with Crippen molar-refractivity contribution in [2.75, 3.05) is 6.61 Å². The summed E-state index contributed by atoms with van der Waals surface area (Å²) in [6, 6.07) is 23.5. The van der Waals surface area contributed by atoms with Gasteiger partial charge in [-0.1, -0.05) is 60.5 Å². The van der Waals surface area contributed by atoms with E-state index in [1.807, 2.05) is 73.7 Å². The van der Waals surface area contributed by atoms with Crippen LogP contribution in [0.5, 0.6) is 5.75 Å². The van der Waals surface area contributed by atoms with E-state index in [0.29, 0.717) is 13.0 Å². The van der Waals surface area contributed by atoms with Crippen LogP contribution in [-0.4, -0.2) is 6.61 Å². The molecule has 148 valence electrons. The van der Waals surface area contributed by atoms with Crippen molar-refractivity contribution < 1.29 is 9.13 Å². The Bertz CT molecular complexity index is 939. The smallest absolute Gasteiger partial charge is 0.126 e. The molecule has 0 aliphatic carbocycles. The van der Waals surface area contributed by atoms with Gasteiger partial charge in [0.15, 0.2) is 0 Å². The van der Waals surface area contributed by atoms with Gasteiger partial charge in [0, 0.05) is 12.3 Å². The number of hydrogen-bond donors (Lipinski definition) is 0. The molecule has 1 nitrogen and oxygen atoms in total. The standard InChI is InChI=1S/C27H27FO/c1-3-23(24-14-16-26(17-15-24)29-4-2)12-8-11-22-13-18-27(28)25(20-22)19-21-9-6-5-7-10-21/h1,5-7,9-10,13-18,20,23H,4,8,11-12,19H2,2H3. The summed E-state index contributed by atoms with van der Waals surface area (Å²) in [5, 5.41) is 0. The molecule has 0 aliphatic rings. The minimum Gasteiger partial charge on any atom is -0.494 e. The molecule has 0 fully saturated rings. The van der Waals surface area contributed by atoms with Crippen LogP contribution in [0.15, 0.2) is 72.8 Å². The SMILES string of the molecule is C#CC(CCCc1ccc(F)c(Cc2ccccc2)c1)c1ccc(OCC)cc1. The quantitative estimate of drug-likeness (QED) is 0.379. The minimum atomic E-state index is -0.145. The van der Waals surface area contributed by atoms with E-state index in [-0.39, 0.29) is 11.7 Å². The summed E-state index contributed by atoms with van der Waals surface area (Å²) in [5.74, 6) is 3.71. The van der Waals surface area contributed by atoms with Gasteiger partial charge in [-0.2, -0.15) is 0 Å². The van der Waals surface area contributed by atoms with E-state index in [1.165, 1.54) is 0 Å². The first-order valence-electron chi connectivity index (χ1n) is 10.2. The van der Waals surface area contributed by atoms with Gasteiger partial charge < -0.3 is 4.74 Å². The summed E-state index contributed by atoms with van der Waals surface area (Å²) < 4.78 is 19.7. The molecule has 0 N–H and O–H groups in total. The van der Waals surface area contributed by atoms with Crippen molar-refractivity contribution in [3.05, 3.63) is 101 Å². The highest BCUT2D eigenvalue weighted by atomic mass is 19.1. The Morgan fingerprint density at radius 2 is 1.72 bits per heavy atom. The maximum atomic E-state index is 14.2. The van der Waals surface area contributed by atoms with Crippen LogP contribution in [-0.2, 0) is 12.8 Å². The van der Waals surface area contributed by atoms with Gasteiger partial charge in [-0.3, -0.25) is 0 Å². The molecule has 29 heavy (non-hydrogen) atoms. The lowest BCUT2D eigenvalue weighted by Crippen LogP contribution is -1.99. The van der Waals surface area contributed by atoms with Crippen LogP contribution < -0.4 is 4.74 Å². The predicted molar refractivity (Wildman–Crippen MR) is 118 cm³/mol. The zero-order valence-electron chi connectivity index (χ0n) is 16.9. The maximum absolute atomic E-state index is 14.2. The van der Waals surface area contributed by atoms with E-state index in [1.54, 1.807) is 6.07 Å². The van der Waals surface area contributed by atoms with E-state index >= 15 is 0 Å². The first-order chi connectivity index (χ1) is 14.2. The average molecular weight is 387 g/mol. The summed E-state index contributed by atoms with van der Waals surface area (Å²) in [6.45, 7) is 2.63. The van der Waals surface area contributed by atoms with Gasteiger partial charge in [0.1, 0.15) is 11.6 Å². The van der Waals surface area contributed by atoms with Gasteiger partial charge in [-0.15, -0.1) is 6.42 Å². The Hall–Kier alpha value is -3.05. The van der Waals surface area contributed by atoms with E-state index in [9.17, 15) is 4.39 Å². The zero-order chi connectivity index (χ0) is 20.5. The molecule has 3 rings (SSSR count). The Labute approximate surface area is 173 Å². The highest BCUT2D eigenvalue weighted by molar-refractivity contribution is 5.33. The van der Waals surface area contributed by atoms with E-state index in [4.69, 9.17) is 11.2 Å². The van der Waals surface area contributed by atoms with Crippen molar-refractivity contribution in [3.63, 3.8) is 0 Å². The fraction of sp³-hybridized carbons (Fsp3) is 0.259. The van der Waals surface area contributed by atoms with Crippen molar-refractivity contribution in [2.45, 2.75) is 38.5 Å². The second kappa shape index (κ2) is 10.5. The number of hydrogen-bond acceptors (Lipinski definition) is 1. The third-order valence-corrected chi connectivity index (χ3v) is 5.10. The number of terminal acetylenes is 1. The lowest BCUT2D eigenvalue weighted by atomic mass is 9.92. The van der Waals surface area contributed by atoms with E-state index < -0.39 is 0 Å². The Balaban J connectivity index is 1.59. The van der Waals surface area contributed by atoms with Crippen molar-refractivity contribution in [2.24, 2.45) is 0 Å². The van der Waals surface area contributed by atoms with Gasteiger partial charge in [-0.25, -0.2) is 4.39 Å². The fourth-order valence-corrected chi connectivity index (χ4v) is 3.55. The van der Waals surface area contributed by atoms with Gasteiger partial charge in [-0.05, 0) is 66.6 Å². The molecule has 0 saturated heterocycles. The third kappa shape index (κ3) is 5.96. The lowest BCUT2D eigenvalue weighted by molar-refractivity contribution is 0.340. The Morgan fingerprint density at radius 3 is 2.41 bits per heavy atom. The summed E-state index contributed by atoms with van der Waals surface area (Å²) >= 11 is 0. The van der Waals surface area contributed by atoms with Crippen LogP contribution in [0, 0.1) is 18.2 Å². The van der Waals surface area contributed by atoms with Crippen molar-refractivity contribution >= 4 is 0 Å². The van der Waals surface area contributed by atoms with Crippen LogP contribution in [0.4, 0.5) is 4.39 Å². The normalized spacial score (nSPS) is 11.6. The summed E-state index contributed by atoms with van der Waals surface area (Å²) in [5.41, 5.74) is 4.15. The topological polar surface area (TPSA) is 9.23 Å². The van der Waals surface area contributed by atoms with Crippen molar-refractivity contribution in [1.29, 1.82) is 0 Å². The fourth-order valence-electron chi connectivity index (χ4n) is 3.55. The van der Waals surface area contributed by atoms with E-state index in [0.717, 1.165) is 47.3 Å². The summed E-state index contributed by atoms with van der Waals surface area (Å²) in [4.78, 5) is 0. The molecular weight excluding hydrogens is 359 g/mol. The maximum Gasteiger partial charge on any atom is 0.126 e. The number of benzene rings is 3. The Morgan fingerprint density at radius 1 is 0.966 bits per heavy atom. The summed E-state index contributed by atoms with van der Waals surface area (Å²) in [7, 11) is 0. The van der Waals surface area contributed by atoms with E-state index in [2.05, 4.69) is 5.92 Å². The molecule has 0 spiro atoms. The molecule has 0 radical (unpaired) electrons. The van der Waals surface area contributed by atoms with Gasteiger partial charge >= 0.3 is 0 Å². The molecule has 0 saturated carbocycles. The highest BCUT2D eigenvalue weighted by Gasteiger charge is 2.10. The largest absolute Gasteiger partial charge is 0.494 e. The molecular formula is C27H27FO. The van der Waals surface area contributed by atoms with Crippen LogP contribution in [0.1, 0.15) is 47.9 Å². The highest BCUT2D eigenvalue weighted by Crippen LogP contribution is 2.24. The second-order valence-electron chi connectivity index (χ2n) is 7.20. The molecule has 1 atom stereocenters. The number of halogens is 1. The average Bonchev–Trinajstić information content (AvgIpc) is 2.75. The monoisotopic (exact) mass is 386 g/mol. The van der Waals surface area contributed by atoms with Crippen LogP contribution in [0.3, 0.4) is 0 Å². The number of ether oxygens (including phenoxy) is 1. The molecule has 0 aromatic heterocycles. The molecule has 0 bridgehead atoms. The molecule has 3 aromatic rings. The first kappa shape index (κ1) is 20.7. The van der Waals surface area contributed by atoms with Crippen molar-refractivity contribution in [1.82, 2.24) is 0 Å². The molecule has 1 unspecified atom stereocenters. The van der Waals surface area contributed by atoms with Crippen LogP contribution in [0.25, 0.3) is 0 Å². The minimum absolute atomic E-state index is 0.0786. The molecule has 0 amide bonds. The zero-order valence-corrected chi connectivity index (χ0v) is 16.9. The molecule has 0 heterocycles. The van der Waals surface area contributed by atoms with Gasteiger partial charge in [0.05, 0.1) is 6.61 Å². The van der Waals surface area contributed by atoms with Crippen molar-refractivity contribution in [3.8, 4) is 18.1 Å². The Kier molecular flexibility index (Phi) is 7.47. The van der Waals surface area contributed by atoms with Gasteiger partial charge in [0.25, 0.3) is 0 Å². The third-order valence-electron chi connectivity index (χ3n) is 5.10. The predicted octanol–water partition coefficient (Wildman–Crippen LogP) is 6.55.